The highest BCUT2D eigenvalue weighted by Gasteiger charge is 2.16. The summed E-state index contributed by atoms with van der Waals surface area (Å²) >= 11 is 0. The number of halogens is 1. The first-order valence-corrected chi connectivity index (χ1v) is 12.0. The fraction of sp³-hybridized carbons (Fsp3) is 0.167. The number of amides is 2. The average molecular weight is 470 g/mol. The number of carbonyl (C=O) groups excluding carboxylic acids is 2. The summed E-state index contributed by atoms with van der Waals surface area (Å²) in [5.41, 5.74) is 2.41. The molecule has 0 saturated heterocycles. The molecule has 3 aromatic carbocycles. The number of hydrogen-bond acceptors (Lipinski definition) is 4. The highest BCUT2D eigenvalue weighted by Crippen LogP contribution is 2.21. The van der Waals surface area contributed by atoms with E-state index in [0.29, 0.717) is 28.1 Å². The number of carbonyl (C=O) groups is 2. The molecule has 3 aromatic rings. The van der Waals surface area contributed by atoms with Gasteiger partial charge in [0.1, 0.15) is 5.82 Å². The Kier molecular flexibility index (Phi) is 7.13. The average Bonchev–Trinajstić information content (AvgIpc) is 2.74. The van der Waals surface area contributed by atoms with Gasteiger partial charge in [0.05, 0.1) is 17.9 Å². The molecule has 0 radical (unpaired) electrons. The maximum Gasteiger partial charge on any atom is 0.258 e. The van der Waals surface area contributed by atoms with Gasteiger partial charge in [-0.3, -0.25) is 14.3 Å². The minimum atomic E-state index is -3.42. The Morgan fingerprint density at radius 2 is 1.67 bits per heavy atom. The summed E-state index contributed by atoms with van der Waals surface area (Å²) in [5, 5.41) is 5.51. The SMILES string of the molecule is Cc1ccc(C(=O)NC(C)c2cccc(NS(C)(=O)=O)c2)cc1NC(=O)c1ccccc1F. The first kappa shape index (κ1) is 23.9. The van der Waals surface area contributed by atoms with Crippen LogP contribution in [0.25, 0.3) is 0 Å². The van der Waals surface area contributed by atoms with E-state index < -0.39 is 27.8 Å². The van der Waals surface area contributed by atoms with Crippen molar-refractivity contribution in [1.29, 1.82) is 0 Å². The van der Waals surface area contributed by atoms with Crippen molar-refractivity contribution in [2.45, 2.75) is 19.9 Å². The van der Waals surface area contributed by atoms with Gasteiger partial charge < -0.3 is 10.6 Å². The molecule has 9 heteroatoms. The number of sulfonamides is 1. The number of nitrogens with one attached hydrogen (secondary N) is 3. The maximum atomic E-state index is 13.9. The lowest BCUT2D eigenvalue weighted by atomic mass is 10.1. The minimum absolute atomic E-state index is 0.0945. The second kappa shape index (κ2) is 9.83. The summed E-state index contributed by atoms with van der Waals surface area (Å²) < 4.78 is 39.2. The van der Waals surface area contributed by atoms with Gasteiger partial charge in [-0.25, -0.2) is 12.8 Å². The predicted molar refractivity (Wildman–Crippen MR) is 126 cm³/mol. The van der Waals surface area contributed by atoms with Crippen LogP contribution in [0.1, 0.15) is 44.8 Å². The molecule has 0 spiro atoms. The molecule has 0 aliphatic carbocycles. The van der Waals surface area contributed by atoms with Crippen LogP contribution in [0, 0.1) is 12.7 Å². The lowest BCUT2D eigenvalue weighted by molar-refractivity contribution is 0.0938. The molecule has 2 amide bonds. The molecule has 0 aliphatic rings. The molecule has 3 rings (SSSR count). The van der Waals surface area contributed by atoms with Gasteiger partial charge in [0.15, 0.2) is 0 Å². The van der Waals surface area contributed by atoms with Gasteiger partial charge in [-0.15, -0.1) is 0 Å². The Hall–Kier alpha value is -3.72. The van der Waals surface area contributed by atoms with E-state index in [1.54, 1.807) is 56.3 Å². The molecule has 3 N–H and O–H groups in total. The van der Waals surface area contributed by atoms with Crippen molar-refractivity contribution in [3.05, 3.63) is 94.8 Å². The Morgan fingerprint density at radius 1 is 0.939 bits per heavy atom. The first-order valence-electron chi connectivity index (χ1n) is 10.1. The van der Waals surface area contributed by atoms with Crippen LogP contribution in [0.4, 0.5) is 15.8 Å². The van der Waals surface area contributed by atoms with Crippen LogP contribution in [0.3, 0.4) is 0 Å². The van der Waals surface area contributed by atoms with Gasteiger partial charge in [-0.05, 0) is 61.4 Å². The van der Waals surface area contributed by atoms with Crippen LogP contribution in [-0.4, -0.2) is 26.5 Å². The van der Waals surface area contributed by atoms with E-state index in [4.69, 9.17) is 0 Å². The second-order valence-corrected chi connectivity index (χ2v) is 9.41. The smallest absolute Gasteiger partial charge is 0.258 e. The van der Waals surface area contributed by atoms with E-state index >= 15 is 0 Å². The normalized spacial score (nSPS) is 12.0. The zero-order chi connectivity index (χ0) is 24.2. The predicted octanol–water partition coefficient (Wildman–Crippen LogP) is 4.25. The van der Waals surface area contributed by atoms with Crippen LogP contribution in [0.15, 0.2) is 66.7 Å². The Balaban J connectivity index is 1.75. The van der Waals surface area contributed by atoms with Crippen LogP contribution < -0.4 is 15.4 Å². The molecule has 0 bridgehead atoms. The maximum absolute atomic E-state index is 13.9. The summed E-state index contributed by atoms with van der Waals surface area (Å²) in [6.07, 6.45) is 1.06. The largest absolute Gasteiger partial charge is 0.346 e. The van der Waals surface area contributed by atoms with Gasteiger partial charge in [0.25, 0.3) is 11.8 Å². The lowest BCUT2D eigenvalue weighted by Crippen LogP contribution is -2.27. The highest BCUT2D eigenvalue weighted by atomic mass is 32.2. The molecule has 0 saturated carbocycles. The van der Waals surface area contributed by atoms with Crippen LogP contribution in [-0.2, 0) is 10.0 Å². The Labute approximate surface area is 192 Å². The standard InChI is InChI=1S/C24H24FN3O4S/c1-15-11-12-18(14-22(15)27-24(30)20-9-4-5-10-21(20)25)23(29)26-16(2)17-7-6-8-19(13-17)28-33(3,31)32/h4-14,16,28H,1-3H3,(H,26,29)(H,27,30). The number of aryl methyl sites for hydroxylation is 1. The van der Waals surface area contributed by atoms with Crippen molar-refractivity contribution >= 4 is 33.2 Å². The number of hydrogen-bond donors (Lipinski definition) is 3. The monoisotopic (exact) mass is 469 g/mol. The molecule has 0 aromatic heterocycles. The summed E-state index contributed by atoms with van der Waals surface area (Å²) in [4.78, 5) is 25.3. The van der Waals surface area contributed by atoms with E-state index in [2.05, 4.69) is 15.4 Å². The van der Waals surface area contributed by atoms with Gasteiger partial charge in [0.2, 0.25) is 10.0 Å². The van der Waals surface area contributed by atoms with Crippen molar-refractivity contribution in [3.63, 3.8) is 0 Å². The zero-order valence-corrected chi connectivity index (χ0v) is 19.2. The summed E-state index contributed by atoms with van der Waals surface area (Å²) in [6, 6.07) is 16.8. The Morgan fingerprint density at radius 3 is 2.36 bits per heavy atom. The topological polar surface area (TPSA) is 104 Å². The molecular weight excluding hydrogens is 445 g/mol. The van der Waals surface area contributed by atoms with E-state index in [0.717, 1.165) is 6.26 Å². The quantitative estimate of drug-likeness (QED) is 0.481. The Bertz CT molecular complexity index is 1310. The van der Waals surface area contributed by atoms with Crippen molar-refractivity contribution in [3.8, 4) is 0 Å². The molecular formula is C24H24FN3O4S. The zero-order valence-electron chi connectivity index (χ0n) is 18.3. The van der Waals surface area contributed by atoms with Crippen LogP contribution in [0.2, 0.25) is 0 Å². The van der Waals surface area contributed by atoms with Crippen molar-refractivity contribution < 1.29 is 22.4 Å². The molecule has 0 fully saturated rings. The third kappa shape index (κ3) is 6.39. The van der Waals surface area contributed by atoms with Crippen molar-refractivity contribution in [1.82, 2.24) is 5.32 Å². The van der Waals surface area contributed by atoms with Gasteiger partial charge >= 0.3 is 0 Å². The van der Waals surface area contributed by atoms with E-state index in [-0.39, 0.29) is 11.5 Å². The lowest BCUT2D eigenvalue weighted by Gasteiger charge is -2.17. The molecule has 7 nitrogen and oxygen atoms in total. The molecule has 0 heterocycles. The summed E-state index contributed by atoms with van der Waals surface area (Å²) in [5.74, 6) is -1.63. The summed E-state index contributed by atoms with van der Waals surface area (Å²) in [7, 11) is -3.42. The van der Waals surface area contributed by atoms with Crippen LogP contribution >= 0.6 is 0 Å². The van der Waals surface area contributed by atoms with Crippen molar-refractivity contribution in [2.75, 3.05) is 16.3 Å². The second-order valence-electron chi connectivity index (χ2n) is 7.66. The van der Waals surface area contributed by atoms with Gasteiger partial charge in [-0.2, -0.15) is 0 Å². The number of benzene rings is 3. The molecule has 1 unspecified atom stereocenters. The fourth-order valence-corrected chi connectivity index (χ4v) is 3.74. The minimum Gasteiger partial charge on any atom is -0.346 e. The third-order valence-electron chi connectivity index (χ3n) is 4.90. The molecule has 1 atom stereocenters. The fourth-order valence-electron chi connectivity index (χ4n) is 3.18. The first-order chi connectivity index (χ1) is 15.5. The molecule has 172 valence electrons. The third-order valence-corrected chi connectivity index (χ3v) is 5.51. The van der Waals surface area contributed by atoms with Gasteiger partial charge in [0, 0.05) is 16.9 Å². The van der Waals surface area contributed by atoms with E-state index in [1.165, 1.54) is 24.3 Å². The number of anilines is 2. The highest BCUT2D eigenvalue weighted by molar-refractivity contribution is 7.92. The van der Waals surface area contributed by atoms with Gasteiger partial charge in [-0.1, -0.05) is 30.3 Å². The molecule has 33 heavy (non-hydrogen) atoms. The van der Waals surface area contributed by atoms with Crippen molar-refractivity contribution in [2.24, 2.45) is 0 Å². The van der Waals surface area contributed by atoms with Crippen LogP contribution in [0.5, 0.6) is 0 Å². The molecule has 0 aliphatic heterocycles. The van der Waals surface area contributed by atoms with E-state index in [1.807, 2.05) is 0 Å². The summed E-state index contributed by atoms with van der Waals surface area (Å²) in [6.45, 7) is 3.54. The number of rotatable bonds is 7. The van der Waals surface area contributed by atoms with E-state index in [9.17, 15) is 22.4 Å².